The van der Waals surface area contributed by atoms with Crippen LogP contribution in [0.5, 0.6) is 0 Å². The first kappa shape index (κ1) is 18.5. The van der Waals surface area contributed by atoms with Gasteiger partial charge in [0.1, 0.15) is 18.1 Å². The maximum atomic E-state index is 13.1. The quantitative estimate of drug-likeness (QED) is 0.523. The zero-order valence-electron chi connectivity index (χ0n) is 15.4. The Labute approximate surface area is 164 Å². The highest BCUT2D eigenvalue weighted by Crippen LogP contribution is 2.26. The van der Waals surface area contributed by atoms with Gasteiger partial charge in [0.2, 0.25) is 0 Å². The third kappa shape index (κ3) is 3.77. The monoisotopic (exact) mass is 393 g/mol. The minimum absolute atomic E-state index is 0.0728. The van der Waals surface area contributed by atoms with Crippen molar-refractivity contribution in [2.75, 3.05) is 0 Å². The maximum Gasteiger partial charge on any atom is 0.312 e. The van der Waals surface area contributed by atoms with Crippen molar-refractivity contribution in [1.29, 1.82) is 0 Å². The summed E-state index contributed by atoms with van der Waals surface area (Å²) in [7, 11) is 0. The van der Waals surface area contributed by atoms with Crippen LogP contribution in [0.15, 0.2) is 57.8 Å². The van der Waals surface area contributed by atoms with Crippen LogP contribution in [0.4, 0.5) is 4.39 Å². The number of aromatic nitrogens is 3. The molecule has 0 radical (unpaired) electrons. The van der Waals surface area contributed by atoms with Crippen LogP contribution >= 0.6 is 0 Å². The van der Waals surface area contributed by atoms with E-state index in [-0.39, 0.29) is 24.4 Å². The molecule has 2 aromatic carbocycles. The van der Waals surface area contributed by atoms with Crippen molar-refractivity contribution in [2.45, 2.75) is 20.0 Å². The van der Waals surface area contributed by atoms with Gasteiger partial charge in [0.05, 0.1) is 17.5 Å². The summed E-state index contributed by atoms with van der Waals surface area (Å²) in [5.74, 6) is -0.367. The molecule has 0 saturated heterocycles. The number of ether oxygens (including phenoxy) is 1. The lowest BCUT2D eigenvalue weighted by atomic mass is 10.1. The Morgan fingerprint density at radius 2 is 1.83 bits per heavy atom. The van der Waals surface area contributed by atoms with Crippen LogP contribution in [-0.2, 0) is 22.6 Å². The minimum atomic E-state index is -0.513. The summed E-state index contributed by atoms with van der Waals surface area (Å²) in [4.78, 5) is 24.1. The van der Waals surface area contributed by atoms with Gasteiger partial charge < -0.3 is 9.26 Å². The number of nitrogens with zero attached hydrogens (tertiary/aromatic N) is 2. The zero-order valence-corrected chi connectivity index (χ0v) is 15.4. The largest absolute Gasteiger partial charge is 0.459 e. The molecule has 0 aliphatic rings. The molecule has 0 bridgehead atoms. The van der Waals surface area contributed by atoms with Gasteiger partial charge in [-0.1, -0.05) is 23.4 Å². The Bertz CT molecular complexity index is 1250. The maximum absolute atomic E-state index is 13.1. The number of rotatable bonds is 5. The SMILES string of the molecule is Cc1c(COC(=O)Cc2n[nH]c(=O)c3ccccc23)noc1-c1ccc(F)cc1. The molecule has 29 heavy (non-hydrogen) atoms. The first-order valence-corrected chi connectivity index (χ1v) is 8.86. The predicted octanol–water partition coefficient (Wildman–Crippen LogP) is 3.31. The molecule has 0 atom stereocenters. The molecule has 0 amide bonds. The topological polar surface area (TPSA) is 98.1 Å². The van der Waals surface area contributed by atoms with Crippen molar-refractivity contribution in [1.82, 2.24) is 15.4 Å². The molecule has 0 fully saturated rings. The average Bonchev–Trinajstić information content (AvgIpc) is 3.10. The van der Waals surface area contributed by atoms with E-state index in [2.05, 4.69) is 15.4 Å². The fraction of sp³-hybridized carbons (Fsp3) is 0.143. The summed E-state index contributed by atoms with van der Waals surface area (Å²) in [6.45, 7) is 1.71. The number of esters is 1. The Balaban J connectivity index is 1.46. The molecule has 1 N–H and O–H groups in total. The fourth-order valence-electron chi connectivity index (χ4n) is 3.02. The van der Waals surface area contributed by atoms with E-state index in [4.69, 9.17) is 9.26 Å². The number of halogens is 1. The Kier molecular flexibility index (Phi) is 4.90. The second-order valence-electron chi connectivity index (χ2n) is 6.47. The average molecular weight is 393 g/mol. The molecule has 0 saturated carbocycles. The van der Waals surface area contributed by atoms with Crippen LogP contribution in [0.3, 0.4) is 0 Å². The van der Waals surface area contributed by atoms with Crippen molar-refractivity contribution in [3.63, 3.8) is 0 Å². The van der Waals surface area contributed by atoms with Gasteiger partial charge in [-0.2, -0.15) is 5.10 Å². The summed E-state index contributed by atoms with van der Waals surface area (Å²) in [6.07, 6.45) is -0.0982. The molecular formula is C21H16FN3O4. The van der Waals surface area contributed by atoms with E-state index >= 15 is 0 Å². The number of hydrogen-bond acceptors (Lipinski definition) is 6. The number of benzene rings is 2. The molecule has 4 rings (SSSR count). The van der Waals surface area contributed by atoms with Crippen molar-refractivity contribution in [3.8, 4) is 11.3 Å². The molecule has 2 heterocycles. The second-order valence-corrected chi connectivity index (χ2v) is 6.47. The van der Waals surface area contributed by atoms with Gasteiger partial charge in [-0.05, 0) is 37.3 Å². The predicted molar refractivity (Wildman–Crippen MR) is 102 cm³/mol. The number of hydrogen-bond donors (Lipinski definition) is 1. The second kappa shape index (κ2) is 7.67. The third-order valence-electron chi connectivity index (χ3n) is 4.58. The van der Waals surface area contributed by atoms with Gasteiger partial charge in [-0.15, -0.1) is 0 Å². The molecule has 0 aliphatic heterocycles. The smallest absolute Gasteiger partial charge is 0.312 e. The molecule has 0 unspecified atom stereocenters. The molecule has 146 valence electrons. The Hall–Kier alpha value is -3.81. The lowest BCUT2D eigenvalue weighted by Gasteiger charge is -2.05. The van der Waals surface area contributed by atoms with Gasteiger partial charge in [0.15, 0.2) is 5.76 Å². The lowest BCUT2D eigenvalue weighted by Crippen LogP contribution is -2.15. The van der Waals surface area contributed by atoms with Crippen molar-refractivity contribution >= 4 is 16.7 Å². The minimum Gasteiger partial charge on any atom is -0.459 e. The van der Waals surface area contributed by atoms with Crippen molar-refractivity contribution in [3.05, 3.63) is 81.7 Å². The number of carbonyl (C=O) groups excluding carboxylic acids is 1. The van der Waals surface area contributed by atoms with Crippen LogP contribution < -0.4 is 5.56 Å². The molecular weight excluding hydrogens is 377 g/mol. The number of fused-ring (bicyclic) bond motifs is 1. The normalized spacial score (nSPS) is 11.0. The number of aromatic amines is 1. The van der Waals surface area contributed by atoms with E-state index in [1.165, 1.54) is 12.1 Å². The van der Waals surface area contributed by atoms with Gasteiger partial charge in [0.25, 0.3) is 5.56 Å². The Morgan fingerprint density at radius 3 is 2.59 bits per heavy atom. The highest BCUT2D eigenvalue weighted by molar-refractivity contribution is 5.86. The van der Waals surface area contributed by atoms with Crippen LogP contribution in [0.25, 0.3) is 22.1 Å². The lowest BCUT2D eigenvalue weighted by molar-refractivity contribution is -0.144. The summed E-state index contributed by atoms with van der Waals surface area (Å²) >= 11 is 0. The standard InChI is InChI=1S/C21H16FN3O4/c1-12-18(25-29-20(12)13-6-8-14(22)9-7-13)11-28-19(26)10-17-15-4-2-3-5-16(15)21(27)24-23-17/h2-9H,10-11H2,1H3,(H,24,27). The summed E-state index contributed by atoms with van der Waals surface area (Å²) in [6, 6.07) is 12.8. The molecule has 0 spiro atoms. The van der Waals surface area contributed by atoms with Crippen LogP contribution in [0.1, 0.15) is 17.0 Å². The number of H-pyrrole nitrogens is 1. The highest BCUT2D eigenvalue weighted by Gasteiger charge is 2.17. The summed E-state index contributed by atoms with van der Waals surface area (Å²) in [5.41, 5.74) is 1.96. The van der Waals surface area contributed by atoms with Gasteiger partial charge in [-0.25, -0.2) is 9.49 Å². The highest BCUT2D eigenvalue weighted by atomic mass is 19.1. The van der Waals surface area contributed by atoms with Gasteiger partial charge >= 0.3 is 5.97 Å². The van der Waals surface area contributed by atoms with Crippen molar-refractivity contribution < 1.29 is 18.4 Å². The zero-order chi connectivity index (χ0) is 20.4. The molecule has 8 heteroatoms. The van der Waals surface area contributed by atoms with E-state index < -0.39 is 5.97 Å². The van der Waals surface area contributed by atoms with Crippen LogP contribution in [-0.4, -0.2) is 21.3 Å². The first-order chi connectivity index (χ1) is 14.0. The van der Waals surface area contributed by atoms with Crippen molar-refractivity contribution in [2.24, 2.45) is 0 Å². The summed E-state index contributed by atoms with van der Waals surface area (Å²) in [5, 5.41) is 11.4. The van der Waals surface area contributed by atoms with Crippen LogP contribution in [0, 0.1) is 12.7 Å². The first-order valence-electron chi connectivity index (χ1n) is 8.86. The van der Waals surface area contributed by atoms with E-state index in [0.717, 1.165) is 0 Å². The van der Waals surface area contributed by atoms with E-state index in [9.17, 15) is 14.0 Å². The van der Waals surface area contributed by atoms with Gasteiger partial charge in [-0.3, -0.25) is 9.59 Å². The van der Waals surface area contributed by atoms with E-state index in [0.29, 0.717) is 39.0 Å². The Morgan fingerprint density at radius 1 is 1.10 bits per heavy atom. The fourth-order valence-corrected chi connectivity index (χ4v) is 3.02. The summed E-state index contributed by atoms with van der Waals surface area (Å²) < 4.78 is 23.7. The number of carbonyl (C=O) groups is 1. The molecule has 7 nitrogen and oxygen atoms in total. The van der Waals surface area contributed by atoms with E-state index in [1.54, 1.807) is 43.3 Å². The van der Waals surface area contributed by atoms with Gasteiger partial charge in [0, 0.05) is 16.5 Å². The van der Waals surface area contributed by atoms with Crippen LogP contribution in [0.2, 0.25) is 0 Å². The number of nitrogens with one attached hydrogen (secondary N) is 1. The van der Waals surface area contributed by atoms with E-state index in [1.807, 2.05) is 0 Å². The molecule has 4 aromatic rings. The molecule has 0 aliphatic carbocycles. The molecule has 2 aromatic heterocycles. The third-order valence-corrected chi connectivity index (χ3v) is 4.58.